The SMILES string of the molecule is C1=CC2=NC=CC23C=NC=NC3=C1. The molecule has 0 bridgehead atoms. The monoisotopic (exact) mass is 169 g/mol. The Balaban J connectivity index is 2.28. The van der Waals surface area contributed by atoms with Gasteiger partial charge in [-0.3, -0.25) is 4.99 Å². The Hall–Kier alpha value is -1.77. The van der Waals surface area contributed by atoms with Crippen LogP contribution in [0.25, 0.3) is 0 Å². The number of aliphatic imine (C=N–C) groups is 3. The van der Waals surface area contributed by atoms with Crippen LogP contribution in [0.15, 0.2) is 51.2 Å². The number of hydrogen-bond donors (Lipinski definition) is 0. The topological polar surface area (TPSA) is 37.1 Å². The van der Waals surface area contributed by atoms with Crippen molar-refractivity contribution in [2.45, 2.75) is 0 Å². The van der Waals surface area contributed by atoms with Crippen molar-refractivity contribution in [2.24, 2.45) is 20.4 Å². The Bertz CT molecular complexity index is 435. The van der Waals surface area contributed by atoms with E-state index in [0.29, 0.717) is 0 Å². The Kier molecular flexibility index (Phi) is 1.10. The van der Waals surface area contributed by atoms with Crippen LogP contribution in [0.5, 0.6) is 0 Å². The van der Waals surface area contributed by atoms with Gasteiger partial charge in [0.2, 0.25) is 0 Å². The summed E-state index contributed by atoms with van der Waals surface area (Å²) in [6.07, 6.45) is 13.3. The largest absolute Gasteiger partial charge is 0.260 e. The van der Waals surface area contributed by atoms with Gasteiger partial charge < -0.3 is 0 Å². The highest BCUT2D eigenvalue weighted by molar-refractivity contribution is 6.18. The third-order valence-corrected chi connectivity index (χ3v) is 2.45. The Morgan fingerprint density at radius 1 is 1.31 bits per heavy atom. The van der Waals surface area contributed by atoms with E-state index in [0.717, 1.165) is 11.4 Å². The highest BCUT2D eigenvalue weighted by Crippen LogP contribution is 2.37. The molecule has 0 fully saturated rings. The molecule has 2 aliphatic heterocycles. The zero-order valence-electron chi connectivity index (χ0n) is 6.88. The highest BCUT2D eigenvalue weighted by Gasteiger charge is 2.39. The van der Waals surface area contributed by atoms with E-state index in [9.17, 15) is 0 Å². The smallest absolute Gasteiger partial charge is 0.115 e. The molecule has 1 unspecified atom stereocenters. The minimum atomic E-state index is -0.260. The number of nitrogens with zero attached hydrogens (tertiary/aromatic N) is 3. The molecule has 1 spiro atoms. The highest BCUT2D eigenvalue weighted by atomic mass is 14.9. The maximum atomic E-state index is 4.28. The summed E-state index contributed by atoms with van der Waals surface area (Å²) in [5.41, 5.74) is 1.74. The first-order valence-corrected chi connectivity index (χ1v) is 4.13. The zero-order valence-corrected chi connectivity index (χ0v) is 6.88. The van der Waals surface area contributed by atoms with Gasteiger partial charge in [-0.25, -0.2) is 9.98 Å². The predicted molar refractivity (Wildman–Crippen MR) is 53.2 cm³/mol. The standard InChI is InChI=1S/C10H7N3/c1-2-8-10(4-5-12-8)6-11-7-13-9(10)3-1/h1-7H. The summed E-state index contributed by atoms with van der Waals surface area (Å²) >= 11 is 0. The van der Waals surface area contributed by atoms with Crippen molar-refractivity contribution in [1.29, 1.82) is 0 Å². The maximum Gasteiger partial charge on any atom is 0.115 e. The number of hydrogen-bond acceptors (Lipinski definition) is 3. The fourth-order valence-corrected chi connectivity index (χ4v) is 1.76. The molecule has 1 atom stereocenters. The van der Waals surface area contributed by atoms with Crippen LogP contribution in [0.2, 0.25) is 0 Å². The van der Waals surface area contributed by atoms with E-state index in [2.05, 4.69) is 15.0 Å². The summed E-state index contributed by atoms with van der Waals surface area (Å²) in [5.74, 6) is 0. The normalized spacial score (nSPS) is 32.6. The van der Waals surface area contributed by atoms with E-state index < -0.39 is 0 Å². The number of allylic oxidation sites excluding steroid dienone is 4. The lowest BCUT2D eigenvalue weighted by atomic mass is 9.78. The van der Waals surface area contributed by atoms with E-state index >= 15 is 0 Å². The van der Waals surface area contributed by atoms with E-state index in [1.165, 1.54) is 0 Å². The van der Waals surface area contributed by atoms with Gasteiger partial charge in [0.15, 0.2) is 0 Å². The first-order chi connectivity index (χ1) is 6.42. The van der Waals surface area contributed by atoms with Crippen LogP contribution in [0, 0.1) is 5.41 Å². The van der Waals surface area contributed by atoms with Gasteiger partial charge in [0, 0.05) is 12.4 Å². The molecular weight excluding hydrogens is 162 g/mol. The lowest BCUT2D eigenvalue weighted by Crippen LogP contribution is -2.32. The maximum absolute atomic E-state index is 4.28. The molecule has 0 aromatic heterocycles. The first kappa shape index (κ1) is 6.71. The second kappa shape index (κ2) is 2.13. The fraction of sp³-hybridized carbons (Fsp3) is 0.100. The summed E-state index contributed by atoms with van der Waals surface area (Å²) < 4.78 is 0. The Morgan fingerprint density at radius 2 is 2.31 bits per heavy atom. The summed E-state index contributed by atoms with van der Waals surface area (Å²) in [6.45, 7) is 0. The minimum absolute atomic E-state index is 0.260. The third kappa shape index (κ3) is 0.710. The molecule has 0 saturated heterocycles. The zero-order chi connectivity index (χ0) is 8.73. The van der Waals surface area contributed by atoms with Crippen molar-refractivity contribution in [2.75, 3.05) is 0 Å². The number of rotatable bonds is 0. The summed E-state index contributed by atoms with van der Waals surface area (Å²) in [7, 11) is 0. The quantitative estimate of drug-likeness (QED) is 0.527. The Labute approximate surface area is 75.6 Å². The molecular formula is C10H7N3. The molecule has 1 aliphatic carbocycles. The molecule has 13 heavy (non-hydrogen) atoms. The van der Waals surface area contributed by atoms with Crippen LogP contribution in [0.4, 0.5) is 0 Å². The van der Waals surface area contributed by atoms with E-state index in [-0.39, 0.29) is 5.41 Å². The second-order valence-corrected chi connectivity index (χ2v) is 3.13. The molecule has 0 radical (unpaired) electrons. The van der Waals surface area contributed by atoms with Gasteiger partial charge in [-0.15, -0.1) is 0 Å². The summed E-state index contributed by atoms with van der Waals surface area (Å²) in [4.78, 5) is 12.6. The van der Waals surface area contributed by atoms with Crippen molar-refractivity contribution < 1.29 is 0 Å². The van der Waals surface area contributed by atoms with Gasteiger partial charge in [-0.2, -0.15) is 0 Å². The van der Waals surface area contributed by atoms with Crippen molar-refractivity contribution in [3.05, 3.63) is 36.2 Å². The van der Waals surface area contributed by atoms with Crippen LogP contribution in [0.1, 0.15) is 0 Å². The Morgan fingerprint density at radius 3 is 3.31 bits per heavy atom. The molecule has 3 nitrogen and oxygen atoms in total. The average Bonchev–Trinajstić information content (AvgIpc) is 2.58. The molecule has 0 aromatic carbocycles. The van der Waals surface area contributed by atoms with E-state index in [1.54, 1.807) is 6.34 Å². The van der Waals surface area contributed by atoms with Crippen LogP contribution in [0.3, 0.4) is 0 Å². The fourth-order valence-electron chi connectivity index (χ4n) is 1.76. The molecule has 2 heterocycles. The van der Waals surface area contributed by atoms with Gasteiger partial charge >= 0.3 is 0 Å². The lowest BCUT2D eigenvalue weighted by molar-refractivity contribution is 0.870. The predicted octanol–water partition coefficient (Wildman–Crippen LogP) is 1.51. The van der Waals surface area contributed by atoms with Gasteiger partial charge in [0.25, 0.3) is 0 Å². The van der Waals surface area contributed by atoms with Crippen LogP contribution in [-0.4, -0.2) is 18.3 Å². The molecule has 3 aliphatic rings. The second-order valence-electron chi connectivity index (χ2n) is 3.13. The van der Waals surface area contributed by atoms with Crippen molar-refractivity contribution >= 4 is 18.3 Å². The summed E-state index contributed by atoms with van der Waals surface area (Å²) in [6, 6.07) is 0. The van der Waals surface area contributed by atoms with Crippen LogP contribution < -0.4 is 0 Å². The van der Waals surface area contributed by atoms with Crippen molar-refractivity contribution in [3.63, 3.8) is 0 Å². The van der Waals surface area contributed by atoms with Crippen molar-refractivity contribution in [1.82, 2.24) is 0 Å². The molecule has 3 rings (SSSR count). The minimum Gasteiger partial charge on any atom is -0.260 e. The third-order valence-electron chi connectivity index (χ3n) is 2.45. The van der Waals surface area contributed by atoms with Gasteiger partial charge in [-0.1, -0.05) is 6.08 Å². The van der Waals surface area contributed by atoms with Gasteiger partial charge in [0.1, 0.15) is 11.8 Å². The molecule has 0 N–H and O–H groups in total. The summed E-state index contributed by atoms with van der Waals surface area (Å²) in [5, 5.41) is 0. The molecule has 0 saturated carbocycles. The molecule has 62 valence electrons. The average molecular weight is 169 g/mol. The first-order valence-electron chi connectivity index (χ1n) is 4.13. The van der Waals surface area contributed by atoms with Gasteiger partial charge in [-0.05, 0) is 18.2 Å². The molecule has 0 aromatic rings. The van der Waals surface area contributed by atoms with E-state index in [1.807, 2.05) is 36.7 Å². The van der Waals surface area contributed by atoms with Gasteiger partial charge in [0.05, 0.1) is 11.4 Å². The van der Waals surface area contributed by atoms with Crippen LogP contribution >= 0.6 is 0 Å². The van der Waals surface area contributed by atoms with Crippen LogP contribution in [-0.2, 0) is 0 Å². The van der Waals surface area contributed by atoms with E-state index in [4.69, 9.17) is 0 Å². The lowest BCUT2D eigenvalue weighted by Gasteiger charge is -2.27. The van der Waals surface area contributed by atoms with Crippen molar-refractivity contribution in [3.8, 4) is 0 Å². The molecule has 3 heteroatoms. The molecule has 0 amide bonds.